The number of hydrogen-bond acceptors (Lipinski definition) is 4. The number of hydrogen-bond donors (Lipinski definition) is 2. The Morgan fingerprint density at radius 1 is 1.32 bits per heavy atom. The summed E-state index contributed by atoms with van der Waals surface area (Å²) in [5.41, 5.74) is 1.31. The van der Waals surface area contributed by atoms with E-state index in [0.29, 0.717) is 5.75 Å². The van der Waals surface area contributed by atoms with Crippen LogP contribution in [0.5, 0.6) is 11.5 Å². The molecule has 4 nitrogen and oxygen atoms in total. The predicted octanol–water partition coefficient (Wildman–Crippen LogP) is 1.63. The molecular formula is C15H24N2O2. The van der Waals surface area contributed by atoms with Crippen LogP contribution in [0.3, 0.4) is 0 Å². The summed E-state index contributed by atoms with van der Waals surface area (Å²) in [4.78, 5) is 2.52. The molecule has 106 valence electrons. The van der Waals surface area contributed by atoms with E-state index in [-0.39, 0.29) is 11.3 Å². The number of phenolic OH excluding ortho intramolecular Hbond substituents is 1. The van der Waals surface area contributed by atoms with Crippen molar-refractivity contribution in [2.45, 2.75) is 25.8 Å². The van der Waals surface area contributed by atoms with Gasteiger partial charge in [0.15, 0.2) is 11.5 Å². The summed E-state index contributed by atoms with van der Waals surface area (Å²) in [5.74, 6) is 0.750. The summed E-state index contributed by atoms with van der Waals surface area (Å²) in [6.07, 6.45) is 0.948. The fourth-order valence-electron chi connectivity index (χ4n) is 2.71. The Bertz CT molecular complexity index is 426. The highest BCUT2D eigenvalue weighted by molar-refractivity contribution is 5.42. The van der Waals surface area contributed by atoms with Gasteiger partial charge in [-0.2, -0.15) is 0 Å². The Morgan fingerprint density at radius 3 is 2.63 bits per heavy atom. The topological polar surface area (TPSA) is 44.7 Å². The first-order valence-corrected chi connectivity index (χ1v) is 6.84. The van der Waals surface area contributed by atoms with Gasteiger partial charge < -0.3 is 15.2 Å². The van der Waals surface area contributed by atoms with Gasteiger partial charge >= 0.3 is 0 Å². The molecule has 0 bridgehead atoms. The average Bonchev–Trinajstić information content (AvgIpc) is 2.42. The molecule has 0 saturated carbocycles. The van der Waals surface area contributed by atoms with Gasteiger partial charge in [-0.25, -0.2) is 0 Å². The highest BCUT2D eigenvalue weighted by atomic mass is 16.5. The molecule has 0 spiro atoms. The van der Waals surface area contributed by atoms with Gasteiger partial charge in [0, 0.05) is 31.7 Å². The Hall–Kier alpha value is -1.26. The lowest BCUT2D eigenvalue weighted by Gasteiger charge is -2.41. The minimum atomic E-state index is 0.115. The minimum Gasteiger partial charge on any atom is -0.504 e. The highest BCUT2D eigenvalue weighted by Gasteiger charge is 2.28. The van der Waals surface area contributed by atoms with Gasteiger partial charge in [-0.1, -0.05) is 6.07 Å². The van der Waals surface area contributed by atoms with E-state index < -0.39 is 0 Å². The van der Waals surface area contributed by atoms with Crippen LogP contribution in [0.15, 0.2) is 18.2 Å². The van der Waals surface area contributed by atoms with Crippen LogP contribution >= 0.6 is 0 Å². The second-order valence-electron chi connectivity index (χ2n) is 5.73. The third-order valence-electron chi connectivity index (χ3n) is 3.85. The van der Waals surface area contributed by atoms with E-state index in [2.05, 4.69) is 24.1 Å². The van der Waals surface area contributed by atoms with E-state index >= 15 is 0 Å². The van der Waals surface area contributed by atoms with Gasteiger partial charge in [0.05, 0.1) is 7.11 Å². The highest BCUT2D eigenvalue weighted by Crippen LogP contribution is 2.29. The molecule has 1 fully saturated rings. The van der Waals surface area contributed by atoms with Crippen molar-refractivity contribution in [1.82, 2.24) is 10.2 Å². The van der Waals surface area contributed by atoms with Crippen molar-refractivity contribution in [3.05, 3.63) is 23.8 Å². The lowest BCUT2D eigenvalue weighted by atomic mass is 9.92. The van der Waals surface area contributed by atoms with Gasteiger partial charge in [0.1, 0.15) is 0 Å². The van der Waals surface area contributed by atoms with Crippen LogP contribution in [0.2, 0.25) is 0 Å². The van der Waals surface area contributed by atoms with Crippen LogP contribution in [0.4, 0.5) is 0 Å². The SMILES string of the molecule is COc1cc(CC(C)(C)N2CCNCC2)ccc1O. The Morgan fingerprint density at radius 2 is 2.00 bits per heavy atom. The maximum atomic E-state index is 9.64. The monoisotopic (exact) mass is 264 g/mol. The zero-order chi connectivity index (χ0) is 13.9. The molecule has 1 heterocycles. The zero-order valence-corrected chi connectivity index (χ0v) is 12.1. The number of nitrogens with one attached hydrogen (secondary N) is 1. The summed E-state index contributed by atoms with van der Waals surface area (Å²) < 4.78 is 5.17. The van der Waals surface area contributed by atoms with E-state index in [0.717, 1.165) is 32.6 Å². The summed E-state index contributed by atoms with van der Waals surface area (Å²) in [6.45, 7) is 8.84. The lowest BCUT2D eigenvalue weighted by molar-refractivity contribution is 0.103. The molecule has 0 atom stereocenters. The van der Waals surface area contributed by atoms with Gasteiger partial charge in [-0.15, -0.1) is 0 Å². The maximum Gasteiger partial charge on any atom is 0.160 e. The van der Waals surface area contributed by atoms with E-state index in [1.165, 1.54) is 5.56 Å². The first-order chi connectivity index (χ1) is 9.03. The minimum absolute atomic E-state index is 0.115. The second-order valence-corrected chi connectivity index (χ2v) is 5.73. The molecule has 4 heteroatoms. The van der Waals surface area contributed by atoms with Crippen LogP contribution in [-0.2, 0) is 6.42 Å². The number of rotatable bonds is 4. The van der Waals surface area contributed by atoms with E-state index in [4.69, 9.17) is 4.74 Å². The van der Waals surface area contributed by atoms with Crippen molar-refractivity contribution < 1.29 is 9.84 Å². The van der Waals surface area contributed by atoms with Crippen LogP contribution in [0, 0.1) is 0 Å². The number of piperazine rings is 1. The molecule has 1 aromatic rings. The molecular weight excluding hydrogens is 240 g/mol. The molecule has 0 amide bonds. The second kappa shape index (κ2) is 5.80. The molecule has 0 radical (unpaired) electrons. The van der Waals surface area contributed by atoms with Crippen molar-refractivity contribution in [2.24, 2.45) is 0 Å². The molecule has 1 aromatic carbocycles. The van der Waals surface area contributed by atoms with E-state index in [1.54, 1.807) is 13.2 Å². The average molecular weight is 264 g/mol. The van der Waals surface area contributed by atoms with Gasteiger partial charge in [0.2, 0.25) is 0 Å². The summed E-state index contributed by atoms with van der Waals surface area (Å²) in [7, 11) is 1.58. The number of ether oxygens (including phenoxy) is 1. The molecule has 0 aliphatic carbocycles. The fraction of sp³-hybridized carbons (Fsp3) is 0.600. The smallest absolute Gasteiger partial charge is 0.160 e. The molecule has 19 heavy (non-hydrogen) atoms. The van der Waals surface area contributed by atoms with Crippen LogP contribution < -0.4 is 10.1 Å². The Labute approximate surface area is 115 Å². The largest absolute Gasteiger partial charge is 0.504 e. The standard InChI is InChI=1S/C15H24N2O2/c1-15(2,17-8-6-16-7-9-17)11-12-4-5-13(18)14(10-12)19-3/h4-5,10,16,18H,6-9,11H2,1-3H3. The van der Waals surface area contributed by atoms with Crippen LogP contribution in [0.25, 0.3) is 0 Å². The normalized spacial score (nSPS) is 17.4. The zero-order valence-electron chi connectivity index (χ0n) is 12.1. The number of benzene rings is 1. The molecule has 2 N–H and O–H groups in total. The third-order valence-corrected chi connectivity index (χ3v) is 3.85. The molecule has 2 rings (SSSR count). The van der Waals surface area contributed by atoms with Crippen molar-refractivity contribution in [2.75, 3.05) is 33.3 Å². The lowest BCUT2D eigenvalue weighted by Crippen LogP contribution is -2.54. The Balaban J connectivity index is 2.10. The number of nitrogens with zero attached hydrogens (tertiary/aromatic N) is 1. The molecule has 1 saturated heterocycles. The first-order valence-electron chi connectivity index (χ1n) is 6.84. The van der Waals surface area contributed by atoms with Crippen LogP contribution in [0.1, 0.15) is 19.4 Å². The summed E-state index contributed by atoms with van der Waals surface area (Å²) in [5, 5.41) is 13.0. The van der Waals surface area contributed by atoms with Crippen molar-refractivity contribution in [1.29, 1.82) is 0 Å². The third kappa shape index (κ3) is 3.39. The maximum absolute atomic E-state index is 9.64. The van der Waals surface area contributed by atoms with Gasteiger partial charge in [0.25, 0.3) is 0 Å². The summed E-state index contributed by atoms with van der Waals surface area (Å²) in [6, 6.07) is 5.61. The first kappa shape index (κ1) is 14.2. The van der Waals surface area contributed by atoms with Crippen molar-refractivity contribution in [3.63, 3.8) is 0 Å². The number of methoxy groups -OCH3 is 1. The van der Waals surface area contributed by atoms with Gasteiger partial charge in [-0.3, -0.25) is 4.90 Å². The number of phenols is 1. The van der Waals surface area contributed by atoms with Gasteiger partial charge in [-0.05, 0) is 38.0 Å². The molecule has 0 unspecified atom stereocenters. The fourth-order valence-corrected chi connectivity index (χ4v) is 2.71. The predicted molar refractivity (Wildman–Crippen MR) is 76.9 cm³/mol. The summed E-state index contributed by atoms with van der Waals surface area (Å²) >= 11 is 0. The molecule has 1 aliphatic heterocycles. The molecule has 1 aliphatic rings. The Kier molecular flexibility index (Phi) is 4.32. The van der Waals surface area contributed by atoms with E-state index in [1.807, 2.05) is 12.1 Å². The van der Waals surface area contributed by atoms with Crippen molar-refractivity contribution >= 4 is 0 Å². The van der Waals surface area contributed by atoms with Crippen LogP contribution in [-0.4, -0.2) is 48.8 Å². The number of aromatic hydroxyl groups is 1. The molecule has 0 aromatic heterocycles. The van der Waals surface area contributed by atoms with Crippen molar-refractivity contribution in [3.8, 4) is 11.5 Å². The van der Waals surface area contributed by atoms with E-state index in [9.17, 15) is 5.11 Å². The quantitative estimate of drug-likeness (QED) is 0.867.